The fourth-order valence-corrected chi connectivity index (χ4v) is 2.08. The molecule has 0 saturated carbocycles. The van der Waals surface area contributed by atoms with Gasteiger partial charge in [0.2, 0.25) is 0 Å². The molecule has 4 amide bonds. The second-order valence-corrected chi connectivity index (χ2v) is 5.35. The number of furan rings is 2. The van der Waals surface area contributed by atoms with E-state index in [0.29, 0.717) is 0 Å². The maximum absolute atomic E-state index is 12.0. The van der Waals surface area contributed by atoms with Crippen LogP contribution in [0.3, 0.4) is 0 Å². The maximum Gasteiger partial charge on any atom is 0.305 e. The Hall–Kier alpha value is -4.34. The number of nitrogens with one attached hydrogen (secondary N) is 4. The summed E-state index contributed by atoms with van der Waals surface area (Å²) in [6, 6.07) is 11.5. The second-order valence-electron chi connectivity index (χ2n) is 5.35. The van der Waals surface area contributed by atoms with Crippen LogP contribution in [0.1, 0.15) is 41.8 Å². The summed E-state index contributed by atoms with van der Waals surface area (Å²) in [5.74, 6) is -2.30. The fourth-order valence-electron chi connectivity index (χ4n) is 2.08. The molecule has 0 fully saturated rings. The third kappa shape index (κ3) is 4.43. The molecule has 0 aliphatic heterocycles. The molecule has 0 spiro atoms. The van der Waals surface area contributed by atoms with Gasteiger partial charge in [-0.3, -0.25) is 40.9 Å². The minimum absolute atomic E-state index is 0.0453. The summed E-state index contributed by atoms with van der Waals surface area (Å²) in [7, 11) is 0. The van der Waals surface area contributed by atoms with Crippen LogP contribution in [0.25, 0.3) is 0 Å². The molecule has 10 nitrogen and oxygen atoms in total. The molecule has 0 bridgehead atoms. The summed E-state index contributed by atoms with van der Waals surface area (Å²) in [4.78, 5) is 47.4. The van der Waals surface area contributed by atoms with Gasteiger partial charge in [-0.15, -0.1) is 0 Å². The summed E-state index contributed by atoms with van der Waals surface area (Å²) in [5, 5.41) is 0. The van der Waals surface area contributed by atoms with Gasteiger partial charge in [-0.1, -0.05) is 0 Å². The number of hydrazine groups is 2. The Morgan fingerprint density at radius 1 is 0.536 bits per heavy atom. The van der Waals surface area contributed by atoms with Gasteiger partial charge in [-0.25, -0.2) is 0 Å². The summed E-state index contributed by atoms with van der Waals surface area (Å²) in [5.41, 5.74) is 9.26. The number of carbonyl (C=O) groups excluding carboxylic acids is 4. The number of hydrogen-bond acceptors (Lipinski definition) is 6. The molecule has 0 aliphatic rings. The van der Waals surface area contributed by atoms with Crippen molar-refractivity contribution in [2.24, 2.45) is 0 Å². The Morgan fingerprint density at radius 2 is 0.893 bits per heavy atom. The van der Waals surface area contributed by atoms with Crippen LogP contribution in [0.2, 0.25) is 0 Å². The average Bonchev–Trinajstić information content (AvgIpc) is 3.44. The second kappa shape index (κ2) is 8.36. The van der Waals surface area contributed by atoms with Gasteiger partial charge in [-0.05, 0) is 48.5 Å². The minimum atomic E-state index is -0.610. The highest BCUT2D eigenvalue weighted by Crippen LogP contribution is 2.05. The van der Waals surface area contributed by atoms with Crippen LogP contribution in [-0.4, -0.2) is 23.6 Å². The maximum atomic E-state index is 12.0. The lowest BCUT2D eigenvalue weighted by Crippen LogP contribution is -2.42. The lowest BCUT2D eigenvalue weighted by Gasteiger charge is -2.08. The monoisotopic (exact) mass is 382 g/mol. The van der Waals surface area contributed by atoms with E-state index in [2.05, 4.69) is 21.7 Å². The molecule has 0 saturated heterocycles. The van der Waals surface area contributed by atoms with Crippen molar-refractivity contribution in [3.8, 4) is 0 Å². The first kappa shape index (κ1) is 18.5. The molecular weight excluding hydrogens is 368 g/mol. The van der Waals surface area contributed by atoms with Crippen LogP contribution in [0.15, 0.2) is 69.9 Å². The predicted molar refractivity (Wildman–Crippen MR) is 93.7 cm³/mol. The molecule has 1 aromatic carbocycles. The number of rotatable bonds is 4. The number of hydrogen-bond donors (Lipinski definition) is 4. The Morgan fingerprint density at radius 3 is 1.21 bits per heavy atom. The quantitative estimate of drug-likeness (QED) is 0.496. The Bertz CT molecular complexity index is 897. The van der Waals surface area contributed by atoms with Gasteiger partial charge in [-0.2, -0.15) is 0 Å². The molecule has 3 rings (SSSR count). The van der Waals surface area contributed by atoms with Gasteiger partial charge in [0, 0.05) is 11.1 Å². The topological polar surface area (TPSA) is 143 Å². The van der Waals surface area contributed by atoms with E-state index in [-0.39, 0.29) is 22.6 Å². The van der Waals surface area contributed by atoms with Crippen LogP contribution in [0.5, 0.6) is 0 Å². The van der Waals surface area contributed by atoms with E-state index in [0.717, 1.165) is 0 Å². The highest BCUT2D eigenvalue weighted by atomic mass is 16.3. The molecule has 0 radical (unpaired) electrons. The van der Waals surface area contributed by atoms with Gasteiger partial charge in [0.15, 0.2) is 11.5 Å². The third-order valence-corrected chi connectivity index (χ3v) is 3.48. The van der Waals surface area contributed by atoms with Crippen molar-refractivity contribution < 1.29 is 28.0 Å². The van der Waals surface area contributed by atoms with Gasteiger partial charge >= 0.3 is 11.8 Å². The minimum Gasteiger partial charge on any atom is -0.459 e. The largest absolute Gasteiger partial charge is 0.459 e. The molecule has 2 heterocycles. The fraction of sp³-hybridized carbons (Fsp3) is 0. The first-order chi connectivity index (χ1) is 13.5. The van der Waals surface area contributed by atoms with E-state index < -0.39 is 23.6 Å². The Balaban J connectivity index is 1.50. The van der Waals surface area contributed by atoms with Gasteiger partial charge < -0.3 is 8.83 Å². The van der Waals surface area contributed by atoms with Crippen molar-refractivity contribution in [1.29, 1.82) is 0 Å². The van der Waals surface area contributed by atoms with Crippen LogP contribution in [-0.2, 0) is 0 Å². The van der Waals surface area contributed by atoms with Crippen molar-refractivity contribution in [1.82, 2.24) is 21.7 Å². The zero-order valence-electron chi connectivity index (χ0n) is 14.2. The molecule has 142 valence electrons. The Labute approximate surface area is 157 Å². The van der Waals surface area contributed by atoms with Gasteiger partial charge in [0.05, 0.1) is 12.5 Å². The predicted octanol–water partition coefficient (Wildman–Crippen LogP) is 1.02. The molecule has 4 N–H and O–H groups in total. The summed E-state index contributed by atoms with van der Waals surface area (Å²) >= 11 is 0. The van der Waals surface area contributed by atoms with Gasteiger partial charge in [0.25, 0.3) is 11.8 Å². The number of amides is 4. The SMILES string of the molecule is O=C(NNC(=O)c1ccco1)c1ccc(C(=O)NNC(=O)c2ccco2)cc1. The van der Waals surface area contributed by atoms with E-state index >= 15 is 0 Å². The van der Waals surface area contributed by atoms with E-state index in [9.17, 15) is 19.2 Å². The molecular formula is C18H14N4O6. The van der Waals surface area contributed by atoms with Crippen molar-refractivity contribution in [3.63, 3.8) is 0 Å². The zero-order chi connectivity index (χ0) is 19.9. The number of benzene rings is 1. The van der Waals surface area contributed by atoms with E-state index in [1.807, 2.05) is 0 Å². The average molecular weight is 382 g/mol. The van der Waals surface area contributed by atoms with Crippen molar-refractivity contribution in [2.45, 2.75) is 0 Å². The summed E-state index contributed by atoms with van der Waals surface area (Å²) < 4.78 is 9.79. The smallest absolute Gasteiger partial charge is 0.305 e. The molecule has 28 heavy (non-hydrogen) atoms. The van der Waals surface area contributed by atoms with Crippen LogP contribution < -0.4 is 21.7 Å². The molecule has 0 aliphatic carbocycles. The highest BCUT2D eigenvalue weighted by Gasteiger charge is 2.13. The molecule has 0 unspecified atom stereocenters. The standard InChI is InChI=1S/C18H14N4O6/c23-15(19-21-17(25)13-3-1-9-27-13)11-5-7-12(8-6-11)16(24)20-22-18(26)14-4-2-10-28-14/h1-10H,(H,19,23)(H,20,24)(H,21,25)(H,22,26). The lowest BCUT2D eigenvalue weighted by atomic mass is 10.1. The van der Waals surface area contributed by atoms with Crippen LogP contribution in [0.4, 0.5) is 0 Å². The van der Waals surface area contributed by atoms with Gasteiger partial charge in [0.1, 0.15) is 0 Å². The van der Waals surface area contributed by atoms with Crippen molar-refractivity contribution in [2.75, 3.05) is 0 Å². The third-order valence-electron chi connectivity index (χ3n) is 3.48. The first-order valence-electron chi connectivity index (χ1n) is 7.93. The van der Waals surface area contributed by atoms with Crippen LogP contribution in [0, 0.1) is 0 Å². The summed E-state index contributed by atoms with van der Waals surface area (Å²) in [6.45, 7) is 0. The van der Waals surface area contributed by atoms with Crippen molar-refractivity contribution >= 4 is 23.6 Å². The Kier molecular flexibility index (Phi) is 5.51. The lowest BCUT2D eigenvalue weighted by molar-refractivity contribution is 0.0829. The van der Waals surface area contributed by atoms with E-state index in [1.165, 1.54) is 61.1 Å². The normalized spacial score (nSPS) is 10.0. The van der Waals surface area contributed by atoms with Crippen LogP contribution >= 0.6 is 0 Å². The number of carbonyl (C=O) groups is 4. The van der Waals surface area contributed by atoms with E-state index in [4.69, 9.17) is 8.83 Å². The molecule has 0 atom stereocenters. The summed E-state index contributed by atoms with van der Waals surface area (Å²) in [6.07, 6.45) is 2.66. The molecule has 10 heteroatoms. The highest BCUT2D eigenvalue weighted by molar-refractivity contribution is 6.00. The first-order valence-corrected chi connectivity index (χ1v) is 7.93. The zero-order valence-corrected chi connectivity index (χ0v) is 14.2. The molecule has 2 aromatic heterocycles. The van der Waals surface area contributed by atoms with Crippen molar-refractivity contribution in [3.05, 3.63) is 83.7 Å². The van der Waals surface area contributed by atoms with E-state index in [1.54, 1.807) is 0 Å². The molecule has 3 aromatic rings.